The third-order valence-electron chi connectivity index (χ3n) is 2.41. The first kappa shape index (κ1) is 7.81. The van der Waals surface area contributed by atoms with Gasteiger partial charge in [0, 0.05) is 0 Å². The van der Waals surface area contributed by atoms with Crippen molar-refractivity contribution >= 4 is 12.3 Å². The second-order valence-electron chi connectivity index (χ2n) is 3.22. The minimum Gasteiger partial charge on any atom is -0.423 e. The Kier molecular flexibility index (Phi) is 1.38. The van der Waals surface area contributed by atoms with Crippen LogP contribution in [-0.2, 0) is 18.9 Å². The molecule has 6 heteroatoms. The molecule has 0 aliphatic carbocycles. The predicted octanol–water partition coefficient (Wildman–Crippen LogP) is 0.364. The maximum absolute atomic E-state index is 10.9. The van der Waals surface area contributed by atoms with Gasteiger partial charge >= 0.3 is 12.3 Å². The first-order chi connectivity index (χ1) is 6.74. The number of hydrogen-bond donors (Lipinski definition) is 0. The van der Waals surface area contributed by atoms with Gasteiger partial charge in [-0.15, -0.1) is 0 Å². The zero-order chi connectivity index (χ0) is 9.71. The summed E-state index contributed by atoms with van der Waals surface area (Å²) in [5.74, 6) is 0. The van der Waals surface area contributed by atoms with Crippen LogP contribution in [-0.4, -0.2) is 36.7 Å². The highest BCUT2D eigenvalue weighted by Crippen LogP contribution is 2.34. The van der Waals surface area contributed by atoms with Crippen LogP contribution in [0.15, 0.2) is 12.2 Å². The molecule has 4 unspecified atom stereocenters. The maximum Gasteiger partial charge on any atom is 0.519 e. The smallest absolute Gasteiger partial charge is 0.423 e. The van der Waals surface area contributed by atoms with Crippen molar-refractivity contribution in [2.75, 3.05) is 0 Å². The van der Waals surface area contributed by atoms with Crippen LogP contribution >= 0.6 is 0 Å². The second kappa shape index (κ2) is 2.48. The second-order valence-corrected chi connectivity index (χ2v) is 3.22. The molecule has 4 atom stereocenters. The first-order valence-corrected chi connectivity index (χ1v) is 4.17. The standard InChI is InChI=1S/C8H6O6/c9-7-12-5-3-1-2-4(11-3)6(5)13-8(10)14-7/h1-6H. The van der Waals surface area contributed by atoms with Gasteiger partial charge in [0.1, 0.15) is 12.2 Å². The van der Waals surface area contributed by atoms with Crippen LogP contribution in [0.25, 0.3) is 0 Å². The van der Waals surface area contributed by atoms with Gasteiger partial charge in [-0.05, 0) is 0 Å². The summed E-state index contributed by atoms with van der Waals surface area (Å²) in [5, 5.41) is 0. The Morgan fingerprint density at radius 3 is 1.93 bits per heavy atom. The molecule has 0 N–H and O–H groups in total. The van der Waals surface area contributed by atoms with E-state index in [1.807, 2.05) is 0 Å². The zero-order valence-corrected chi connectivity index (χ0v) is 6.91. The fourth-order valence-corrected chi connectivity index (χ4v) is 1.85. The van der Waals surface area contributed by atoms with E-state index in [1.165, 1.54) is 0 Å². The highest BCUT2D eigenvalue weighted by atomic mass is 16.8. The van der Waals surface area contributed by atoms with Crippen molar-refractivity contribution in [1.29, 1.82) is 0 Å². The van der Waals surface area contributed by atoms with Gasteiger partial charge in [-0.1, -0.05) is 12.2 Å². The summed E-state index contributed by atoms with van der Waals surface area (Å²) in [5.41, 5.74) is 0. The molecule has 2 fully saturated rings. The van der Waals surface area contributed by atoms with Crippen LogP contribution in [0.2, 0.25) is 0 Å². The normalized spacial score (nSPS) is 43.7. The summed E-state index contributed by atoms with van der Waals surface area (Å²) < 4.78 is 19.2. The number of cyclic esters (lactones) is 2. The Balaban J connectivity index is 1.92. The van der Waals surface area contributed by atoms with Gasteiger partial charge < -0.3 is 18.9 Å². The van der Waals surface area contributed by atoms with Gasteiger partial charge in [-0.25, -0.2) is 9.59 Å². The van der Waals surface area contributed by atoms with E-state index in [9.17, 15) is 9.59 Å². The topological polar surface area (TPSA) is 71.1 Å². The number of hydrogen-bond acceptors (Lipinski definition) is 6. The van der Waals surface area contributed by atoms with Crippen molar-refractivity contribution in [1.82, 2.24) is 0 Å². The van der Waals surface area contributed by atoms with E-state index in [-0.39, 0.29) is 12.2 Å². The van der Waals surface area contributed by atoms with Crippen LogP contribution in [0.5, 0.6) is 0 Å². The molecule has 3 aliphatic rings. The molecule has 3 aliphatic heterocycles. The van der Waals surface area contributed by atoms with Crippen molar-refractivity contribution in [3.8, 4) is 0 Å². The monoisotopic (exact) mass is 198 g/mol. The van der Waals surface area contributed by atoms with Gasteiger partial charge in [0.25, 0.3) is 0 Å². The summed E-state index contributed by atoms with van der Waals surface area (Å²) in [7, 11) is 0. The number of carbonyl (C=O) groups excluding carboxylic acids is 2. The number of ether oxygens (including phenoxy) is 4. The van der Waals surface area contributed by atoms with Crippen molar-refractivity contribution < 1.29 is 28.5 Å². The Morgan fingerprint density at radius 1 is 0.929 bits per heavy atom. The number of fused-ring (bicyclic) bond motifs is 5. The molecule has 0 amide bonds. The highest BCUT2D eigenvalue weighted by Gasteiger charge is 2.53. The lowest BCUT2D eigenvalue weighted by atomic mass is 10.0. The number of rotatable bonds is 0. The average Bonchev–Trinajstić information content (AvgIpc) is 2.64. The molecule has 0 aromatic heterocycles. The van der Waals surface area contributed by atoms with E-state index in [0.717, 1.165) is 0 Å². The highest BCUT2D eigenvalue weighted by molar-refractivity contribution is 5.78. The van der Waals surface area contributed by atoms with Crippen molar-refractivity contribution in [2.45, 2.75) is 24.4 Å². The van der Waals surface area contributed by atoms with Crippen molar-refractivity contribution in [2.24, 2.45) is 0 Å². The summed E-state index contributed by atoms with van der Waals surface area (Å²) in [6.07, 6.45) is -0.338. The molecule has 0 spiro atoms. The van der Waals surface area contributed by atoms with E-state index < -0.39 is 24.5 Å². The Labute approximate surface area is 78.4 Å². The van der Waals surface area contributed by atoms with Crippen LogP contribution in [0.1, 0.15) is 0 Å². The van der Waals surface area contributed by atoms with Gasteiger partial charge in [-0.2, -0.15) is 0 Å². The molecule has 0 radical (unpaired) electrons. The summed E-state index contributed by atoms with van der Waals surface area (Å²) >= 11 is 0. The Hall–Kier alpha value is -1.56. The largest absolute Gasteiger partial charge is 0.519 e. The predicted molar refractivity (Wildman–Crippen MR) is 39.4 cm³/mol. The van der Waals surface area contributed by atoms with Crippen LogP contribution < -0.4 is 0 Å². The van der Waals surface area contributed by atoms with Gasteiger partial charge in [0.15, 0.2) is 12.2 Å². The van der Waals surface area contributed by atoms with Gasteiger partial charge in [0.2, 0.25) is 0 Å². The Morgan fingerprint density at radius 2 is 1.43 bits per heavy atom. The van der Waals surface area contributed by atoms with E-state index in [0.29, 0.717) is 0 Å². The molecular formula is C8H6O6. The molecule has 3 rings (SSSR count). The molecule has 2 saturated heterocycles. The molecule has 74 valence electrons. The molecule has 6 nitrogen and oxygen atoms in total. The van der Waals surface area contributed by atoms with Crippen LogP contribution in [0, 0.1) is 0 Å². The fourth-order valence-electron chi connectivity index (χ4n) is 1.85. The average molecular weight is 198 g/mol. The summed E-state index contributed by atoms with van der Waals surface area (Å²) in [6.45, 7) is 0. The van der Waals surface area contributed by atoms with E-state index in [1.54, 1.807) is 12.2 Å². The molecule has 0 saturated carbocycles. The van der Waals surface area contributed by atoms with Crippen LogP contribution in [0.4, 0.5) is 9.59 Å². The zero-order valence-electron chi connectivity index (χ0n) is 6.91. The SMILES string of the molecule is O=C1OC(=O)OC2C3C=CC(O3)C2O1. The lowest BCUT2D eigenvalue weighted by Gasteiger charge is -2.19. The van der Waals surface area contributed by atoms with E-state index in [4.69, 9.17) is 14.2 Å². The quantitative estimate of drug-likeness (QED) is 0.318. The summed E-state index contributed by atoms with van der Waals surface area (Å²) in [6, 6.07) is 0. The lowest BCUT2D eigenvalue weighted by molar-refractivity contribution is 0.0217. The lowest BCUT2D eigenvalue weighted by Crippen LogP contribution is -2.38. The first-order valence-electron chi connectivity index (χ1n) is 4.17. The maximum atomic E-state index is 10.9. The van der Waals surface area contributed by atoms with Gasteiger partial charge in [-0.3, -0.25) is 0 Å². The fraction of sp³-hybridized carbons (Fsp3) is 0.500. The molecule has 2 bridgehead atoms. The number of carbonyl (C=O) groups is 2. The molecule has 0 aromatic rings. The van der Waals surface area contributed by atoms with Gasteiger partial charge in [0.05, 0.1) is 0 Å². The molecule has 0 aromatic carbocycles. The third kappa shape index (κ3) is 0.941. The molecular weight excluding hydrogens is 192 g/mol. The molecule has 3 heterocycles. The third-order valence-corrected chi connectivity index (χ3v) is 2.41. The Bertz CT molecular complexity index is 305. The van der Waals surface area contributed by atoms with Crippen molar-refractivity contribution in [3.05, 3.63) is 12.2 Å². The summed E-state index contributed by atoms with van der Waals surface area (Å²) in [4.78, 5) is 21.8. The van der Waals surface area contributed by atoms with E-state index in [2.05, 4.69) is 4.74 Å². The minimum absolute atomic E-state index is 0.330. The van der Waals surface area contributed by atoms with Crippen molar-refractivity contribution in [3.63, 3.8) is 0 Å². The van der Waals surface area contributed by atoms with E-state index >= 15 is 0 Å². The molecule has 14 heavy (non-hydrogen) atoms. The van der Waals surface area contributed by atoms with Crippen LogP contribution in [0.3, 0.4) is 0 Å². The minimum atomic E-state index is -1.04.